The first-order valence-electron chi connectivity index (χ1n) is 5.55. The molecule has 0 saturated heterocycles. The molecule has 1 aromatic carbocycles. The van der Waals surface area contributed by atoms with Crippen molar-refractivity contribution in [3.63, 3.8) is 0 Å². The fourth-order valence-electron chi connectivity index (χ4n) is 1.57. The summed E-state index contributed by atoms with van der Waals surface area (Å²) in [6.07, 6.45) is 2.09. The third-order valence-corrected chi connectivity index (χ3v) is 2.32. The first-order valence-corrected chi connectivity index (χ1v) is 5.55. The van der Waals surface area contributed by atoms with Crippen LogP contribution in [-0.2, 0) is 16.0 Å². The number of carbonyl (C=O) groups is 1. The molecule has 0 unspecified atom stereocenters. The molecule has 0 aromatic heterocycles. The van der Waals surface area contributed by atoms with Gasteiger partial charge >= 0.3 is 5.97 Å². The Hall–Kier alpha value is -1.51. The first-order chi connectivity index (χ1) is 7.77. The van der Waals surface area contributed by atoms with E-state index in [0.29, 0.717) is 13.0 Å². The van der Waals surface area contributed by atoms with Crippen LogP contribution in [0.5, 0.6) is 5.75 Å². The Morgan fingerprint density at radius 1 is 1.31 bits per heavy atom. The van der Waals surface area contributed by atoms with Crippen molar-refractivity contribution in [3.05, 3.63) is 29.8 Å². The van der Waals surface area contributed by atoms with Crippen LogP contribution in [0.2, 0.25) is 0 Å². The molecular formula is C13H18O3. The number of rotatable bonds is 6. The molecule has 0 aliphatic rings. The lowest BCUT2D eigenvalue weighted by atomic mass is 10.1. The van der Waals surface area contributed by atoms with Crippen LogP contribution in [0.1, 0.15) is 25.3 Å². The highest BCUT2D eigenvalue weighted by Gasteiger charge is 2.04. The maximum atomic E-state index is 11.1. The zero-order valence-corrected chi connectivity index (χ0v) is 9.86. The minimum absolute atomic E-state index is 0.127. The average Bonchev–Trinajstić information content (AvgIpc) is 2.30. The van der Waals surface area contributed by atoms with Gasteiger partial charge in [0.25, 0.3) is 0 Å². The van der Waals surface area contributed by atoms with Crippen LogP contribution < -0.4 is 4.74 Å². The molecule has 0 fully saturated rings. The maximum Gasteiger partial charge on any atom is 0.305 e. The quantitative estimate of drug-likeness (QED) is 0.694. The van der Waals surface area contributed by atoms with Gasteiger partial charge in [-0.2, -0.15) is 0 Å². The Morgan fingerprint density at radius 3 is 2.75 bits per heavy atom. The van der Waals surface area contributed by atoms with E-state index in [1.165, 1.54) is 0 Å². The standard InChI is InChI=1S/C13H18O3/c1-3-16-13(14)10-6-8-11-7-4-5-9-12(11)15-2/h4-5,7,9H,3,6,8,10H2,1-2H3. The normalized spacial score (nSPS) is 9.88. The molecule has 0 N–H and O–H groups in total. The summed E-state index contributed by atoms with van der Waals surface area (Å²) in [7, 11) is 1.66. The third kappa shape index (κ3) is 3.93. The van der Waals surface area contributed by atoms with Crippen LogP contribution in [0.3, 0.4) is 0 Å². The van der Waals surface area contributed by atoms with Crippen LogP contribution in [0, 0.1) is 0 Å². The van der Waals surface area contributed by atoms with Crippen molar-refractivity contribution in [2.45, 2.75) is 26.2 Å². The van der Waals surface area contributed by atoms with Gasteiger partial charge in [-0.3, -0.25) is 4.79 Å². The van der Waals surface area contributed by atoms with Gasteiger partial charge in [-0.1, -0.05) is 18.2 Å². The Bertz CT molecular complexity index is 334. The van der Waals surface area contributed by atoms with Gasteiger partial charge in [-0.15, -0.1) is 0 Å². The van der Waals surface area contributed by atoms with Crippen LogP contribution in [0.25, 0.3) is 0 Å². The van der Waals surface area contributed by atoms with Crippen molar-refractivity contribution >= 4 is 5.97 Å². The third-order valence-electron chi connectivity index (χ3n) is 2.32. The molecule has 0 aliphatic carbocycles. The number of ether oxygens (including phenoxy) is 2. The lowest BCUT2D eigenvalue weighted by molar-refractivity contribution is -0.143. The Morgan fingerprint density at radius 2 is 2.06 bits per heavy atom. The largest absolute Gasteiger partial charge is 0.496 e. The molecule has 1 rings (SSSR count). The summed E-state index contributed by atoms with van der Waals surface area (Å²) in [5.74, 6) is 0.753. The number of esters is 1. The van der Waals surface area contributed by atoms with E-state index in [1.807, 2.05) is 31.2 Å². The molecule has 0 amide bonds. The van der Waals surface area contributed by atoms with Crippen molar-refractivity contribution in [2.75, 3.05) is 13.7 Å². The fourth-order valence-corrected chi connectivity index (χ4v) is 1.57. The Labute approximate surface area is 96.4 Å². The summed E-state index contributed by atoms with van der Waals surface area (Å²) in [5, 5.41) is 0. The van der Waals surface area contributed by atoms with E-state index in [1.54, 1.807) is 7.11 Å². The van der Waals surface area contributed by atoms with Gasteiger partial charge in [0.2, 0.25) is 0 Å². The van der Waals surface area contributed by atoms with E-state index in [-0.39, 0.29) is 5.97 Å². The summed E-state index contributed by atoms with van der Waals surface area (Å²) in [4.78, 5) is 11.1. The highest BCUT2D eigenvalue weighted by molar-refractivity contribution is 5.69. The molecular weight excluding hydrogens is 204 g/mol. The van der Waals surface area contributed by atoms with E-state index in [4.69, 9.17) is 9.47 Å². The molecule has 16 heavy (non-hydrogen) atoms. The summed E-state index contributed by atoms with van der Waals surface area (Å²) in [6.45, 7) is 2.27. The number of hydrogen-bond donors (Lipinski definition) is 0. The molecule has 0 saturated carbocycles. The Kier molecular flexibility index (Phi) is 5.40. The van der Waals surface area contributed by atoms with Crippen molar-refractivity contribution < 1.29 is 14.3 Å². The van der Waals surface area contributed by atoms with Crippen LogP contribution in [0.15, 0.2) is 24.3 Å². The molecule has 3 nitrogen and oxygen atoms in total. The highest BCUT2D eigenvalue weighted by atomic mass is 16.5. The van der Waals surface area contributed by atoms with E-state index in [9.17, 15) is 4.79 Å². The molecule has 0 atom stereocenters. The zero-order chi connectivity index (χ0) is 11.8. The van der Waals surface area contributed by atoms with Gasteiger partial charge in [-0.25, -0.2) is 0 Å². The minimum atomic E-state index is -0.127. The van der Waals surface area contributed by atoms with E-state index >= 15 is 0 Å². The molecule has 3 heteroatoms. The van der Waals surface area contributed by atoms with Crippen LogP contribution in [-0.4, -0.2) is 19.7 Å². The van der Waals surface area contributed by atoms with Gasteiger partial charge in [0.1, 0.15) is 5.75 Å². The maximum absolute atomic E-state index is 11.1. The molecule has 0 aliphatic heterocycles. The highest BCUT2D eigenvalue weighted by Crippen LogP contribution is 2.19. The summed E-state index contributed by atoms with van der Waals surface area (Å²) >= 11 is 0. The second-order valence-corrected chi connectivity index (χ2v) is 3.47. The first kappa shape index (κ1) is 12.6. The topological polar surface area (TPSA) is 35.5 Å². The molecule has 0 radical (unpaired) electrons. The number of benzene rings is 1. The molecule has 0 spiro atoms. The van der Waals surface area contributed by atoms with Crippen molar-refractivity contribution in [1.29, 1.82) is 0 Å². The van der Waals surface area contributed by atoms with Crippen molar-refractivity contribution in [2.24, 2.45) is 0 Å². The second kappa shape index (κ2) is 6.88. The number of aryl methyl sites for hydroxylation is 1. The van der Waals surface area contributed by atoms with Gasteiger partial charge < -0.3 is 9.47 Å². The fraction of sp³-hybridized carbons (Fsp3) is 0.462. The lowest BCUT2D eigenvalue weighted by Crippen LogP contribution is -2.04. The molecule has 0 heterocycles. The molecule has 1 aromatic rings. The number of methoxy groups -OCH3 is 1. The number of hydrogen-bond acceptors (Lipinski definition) is 3. The van der Waals surface area contributed by atoms with Gasteiger partial charge in [0.05, 0.1) is 13.7 Å². The van der Waals surface area contributed by atoms with Gasteiger partial charge in [-0.05, 0) is 31.4 Å². The Balaban J connectivity index is 2.39. The van der Waals surface area contributed by atoms with Gasteiger partial charge in [0.15, 0.2) is 0 Å². The predicted molar refractivity (Wildman–Crippen MR) is 62.6 cm³/mol. The average molecular weight is 222 g/mol. The zero-order valence-electron chi connectivity index (χ0n) is 9.86. The van der Waals surface area contributed by atoms with E-state index in [0.717, 1.165) is 24.2 Å². The van der Waals surface area contributed by atoms with Crippen LogP contribution in [0.4, 0.5) is 0 Å². The van der Waals surface area contributed by atoms with E-state index < -0.39 is 0 Å². The molecule has 88 valence electrons. The van der Waals surface area contributed by atoms with Crippen molar-refractivity contribution in [3.8, 4) is 5.75 Å². The second-order valence-electron chi connectivity index (χ2n) is 3.47. The minimum Gasteiger partial charge on any atom is -0.496 e. The predicted octanol–water partition coefficient (Wildman–Crippen LogP) is 2.58. The SMILES string of the molecule is CCOC(=O)CCCc1ccccc1OC. The summed E-state index contributed by atoms with van der Waals surface area (Å²) < 4.78 is 10.1. The van der Waals surface area contributed by atoms with Crippen LogP contribution >= 0.6 is 0 Å². The summed E-state index contributed by atoms with van der Waals surface area (Å²) in [6, 6.07) is 7.86. The number of carbonyl (C=O) groups excluding carboxylic acids is 1. The summed E-state index contributed by atoms with van der Waals surface area (Å²) in [5.41, 5.74) is 1.13. The van der Waals surface area contributed by atoms with Crippen molar-refractivity contribution in [1.82, 2.24) is 0 Å². The lowest BCUT2D eigenvalue weighted by Gasteiger charge is -2.07. The van der Waals surface area contributed by atoms with Gasteiger partial charge in [0, 0.05) is 6.42 Å². The monoisotopic (exact) mass is 222 g/mol. The van der Waals surface area contributed by atoms with E-state index in [2.05, 4.69) is 0 Å². The number of para-hydroxylation sites is 1. The molecule has 0 bridgehead atoms. The smallest absolute Gasteiger partial charge is 0.305 e.